The molecular formula is C44H72Cl3N3O9. The van der Waals surface area contributed by atoms with Gasteiger partial charge in [0.15, 0.2) is 34.5 Å². The van der Waals surface area contributed by atoms with Gasteiger partial charge in [-0.25, -0.2) is 0 Å². The molecule has 9 N–H and O–H groups in total. The molecule has 338 valence electrons. The number of fused-ring (bicyclic) bond motifs is 3. The highest BCUT2D eigenvalue weighted by Gasteiger charge is 2.31. The summed E-state index contributed by atoms with van der Waals surface area (Å²) in [5.41, 5.74) is 8.30. The van der Waals surface area contributed by atoms with E-state index in [1.54, 1.807) is 42.7 Å². The summed E-state index contributed by atoms with van der Waals surface area (Å²) in [5.74, 6) is 5.45. The topological polar surface area (TPSA) is 186 Å². The largest absolute Gasteiger partial charge is 0.493 e. The molecule has 3 aromatic rings. The van der Waals surface area contributed by atoms with E-state index < -0.39 is 0 Å². The van der Waals surface area contributed by atoms with Crippen LogP contribution < -0.4 is 44.4 Å². The zero-order chi connectivity index (χ0) is 37.5. The summed E-state index contributed by atoms with van der Waals surface area (Å²) < 4.78 is 34.1. The van der Waals surface area contributed by atoms with Crippen molar-refractivity contribution < 1.29 is 44.8 Å². The molecule has 59 heavy (non-hydrogen) atoms. The Hall–Kier alpha value is -2.91. The van der Waals surface area contributed by atoms with E-state index in [0.29, 0.717) is 18.0 Å². The highest BCUT2D eigenvalue weighted by atomic mass is 35.5. The van der Waals surface area contributed by atoms with E-state index in [4.69, 9.17) is 28.4 Å². The third kappa shape index (κ3) is 13.3. The van der Waals surface area contributed by atoms with Crippen LogP contribution in [0, 0.1) is 11.3 Å². The summed E-state index contributed by atoms with van der Waals surface area (Å²) in [6.45, 7) is 7.84. The summed E-state index contributed by atoms with van der Waals surface area (Å²) >= 11 is 0. The molecule has 0 aliphatic carbocycles. The molecule has 3 aliphatic rings. The number of halogens is 3. The summed E-state index contributed by atoms with van der Waals surface area (Å²) in [6.07, 6.45) is 10.9. The minimum atomic E-state index is 0. The monoisotopic (exact) mass is 891 g/mol. The molecule has 0 radical (unpaired) electrons. The van der Waals surface area contributed by atoms with Crippen molar-refractivity contribution in [3.05, 3.63) is 69.8 Å². The lowest BCUT2D eigenvalue weighted by Gasteiger charge is -2.36. The highest BCUT2D eigenvalue weighted by molar-refractivity contribution is 5.86. The Labute approximate surface area is 370 Å². The van der Waals surface area contributed by atoms with Crippen LogP contribution in [0.25, 0.3) is 0 Å². The van der Waals surface area contributed by atoms with Gasteiger partial charge in [-0.2, -0.15) is 0 Å². The molecule has 0 bridgehead atoms. The lowest BCUT2D eigenvalue weighted by molar-refractivity contribution is 0.221. The van der Waals surface area contributed by atoms with Gasteiger partial charge in [-0.1, -0.05) is 13.8 Å². The number of methoxy groups -OCH3 is 6. The fraction of sp³-hybridized carbons (Fsp3) is 0.591. The van der Waals surface area contributed by atoms with Gasteiger partial charge in [0.1, 0.15) is 0 Å². The molecule has 0 fully saturated rings. The van der Waals surface area contributed by atoms with Crippen LogP contribution in [0.3, 0.4) is 0 Å². The normalized spacial score (nSPS) is 18.0. The van der Waals surface area contributed by atoms with Crippen molar-refractivity contribution >= 4 is 37.2 Å². The molecule has 0 spiro atoms. The van der Waals surface area contributed by atoms with Crippen LogP contribution in [0.5, 0.6) is 34.5 Å². The third-order valence-electron chi connectivity index (χ3n) is 12.1. The first-order valence-electron chi connectivity index (χ1n) is 19.6. The van der Waals surface area contributed by atoms with Crippen molar-refractivity contribution in [2.24, 2.45) is 11.3 Å². The molecule has 3 heterocycles. The van der Waals surface area contributed by atoms with E-state index in [1.807, 2.05) is 0 Å². The summed E-state index contributed by atoms with van der Waals surface area (Å²) in [4.78, 5) is 0. The quantitative estimate of drug-likeness (QED) is 0.130. The van der Waals surface area contributed by atoms with Crippen molar-refractivity contribution in [1.82, 2.24) is 16.0 Å². The van der Waals surface area contributed by atoms with Crippen LogP contribution in [0.1, 0.15) is 110 Å². The van der Waals surface area contributed by atoms with Crippen molar-refractivity contribution in [3.8, 4) is 34.5 Å². The van der Waals surface area contributed by atoms with Gasteiger partial charge in [0.25, 0.3) is 0 Å². The van der Waals surface area contributed by atoms with Crippen molar-refractivity contribution in [2.75, 3.05) is 62.3 Å². The predicted molar refractivity (Wildman–Crippen MR) is 244 cm³/mol. The van der Waals surface area contributed by atoms with Crippen molar-refractivity contribution in [1.29, 1.82) is 0 Å². The molecule has 0 amide bonds. The van der Waals surface area contributed by atoms with Crippen LogP contribution in [-0.4, -0.2) is 78.7 Å². The van der Waals surface area contributed by atoms with Crippen LogP contribution >= 0.6 is 37.2 Å². The fourth-order valence-corrected chi connectivity index (χ4v) is 9.09. The van der Waals surface area contributed by atoms with Gasteiger partial charge in [0.2, 0.25) is 0 Å². The highest BCUT2D eigenvalue weighted by Crippen LogP contribution is 2.44. The van der Waals surface area contributed by atoms with Crippen LogP contribution in [0.2, 0.25) is 0 Å². The van der Waals surface area contributed by atoms with Gasteiger partial charge >= 0.3 is 0 Å². The van der Waals surface area contributed by atoms with Crippen molar-refractivity contribution in [2.45, 2.75) is 96.2 Å². The second kappa shape index (κ2) is 25.8. The molecule has 12 nitrogen and oxygen atoms in total. The van der Waals surface area contributed by atoms with E-state index in [9.17, 15) is 0 Å². The Morgan fingerprint density at radius 3 is 1.14 bits per heavy atom. The Morgan fingerprint density at radius 1 is 0.492 bits per heavy atom. The standard InChI is InChI=1S/C44H63N3O6.3ClH.3H2O/c1-44(2,27-37-34-26-43(53-8)40(50-5)23-31(34)16-20-47-37)17-13-28(9-11-35-32-24-41(51-6)38(48-3)21-29(32)14-18-45-35)10-12-36-33-25-42(52-7)39(49-4)22-30(33)15-19-46-36;;;;;;/h21-26,28,35-37,45-47H,9-20,27H2,1-8H3;3*1H;3*1H2. The van der Waals surface area contributed by atoms with E-state index in [-0.39, 0.29) is 65.1 Å². The SMILES string of the molecule is COc1cc2c(cc1OC)C(CCC(CCC1NCCc3cc(OC)c(OC)cc31)CCC(C)(C)CC1NCCc3cc(OC)c(OC)cc31)NCC2.Cl.Cl.Cl.O.O.O. The first-order chi connectivity index (χ1) is 25.7. The summed E-state index contributed by atoms with van der Waals surface area (Å²) in [6, 6.07) is 14.0. The minimum Gasteiger partial charge on any atom is -0.493 e. The molecule has 3 aliphatic heterocycles. The predicted octanol–water partition coefficient (Wildman–Crippen LogP) is 6.86. The fourth-order valence-electron chi connectivity index (χ4n) is 9.09. The second-order valence-corrected chi connectivity index (χ2v) is 15.9. The minimum absolute atomic E-state index is 0. The maximum Gasteiger partial charge on any atom is 0.161 e. The van der Waals surface area contributed by atoms with E-state index in [2.05, 4.69) is 66.2 Å². The summed E-state index contributed by atoms with van der Waals surface area (Å²) in [7, 11) is 10.3. The average molecular weight is 893 g/mol. The first-order valence-corrected chi connectivity index (χ1v) is 19.6. The Balaban J connectivity index is 0.00000561. The van der Waals surface area contributed by atoms with Crippen molar-refractivity contribution in [3.63, 3.8) is 0 Å². The Bertz CT molecular complexity index is 1640. The lowest BCUT2D eigenvalue weighted by atomic mass is 9.75. The maximum atomic E-state index is 5.73. The molecule has 3 aromatic carbocycles. The van der Waals surface area contributed by atoms with Crippen LogP contribution in [0.15, 0.2) is 36.4 Å². The number of benzene rings is 3. The molecule has 0 aromatic heterocycles. The van der Waals surface area contributed by atoms with Crippen LogP contribution in [0.4, 0.5) is 0 Å². The van der Waals surface area contributed by atoms with E-state index in [0.717, 1.165) is 112 Å². The number of hydrogen-bond donors (Lipinski definition) is 3. The number of nitrogens with one attached hydrogen (secondary N) is 3. The third-order valence-corrected chi connectivity index (χ3v) is 12.1. The molecule has 6 rings (SSSR count). The van der Waals surface area contributed by atoms with Gasteiger partial charge in [-0.05, 0) is 165 Å². The molecular weight excluding hydrogens is 821 g/mol. The van der Waals surface area contributed by atoms with Gasteiger partial charge in [-0.3, -0.25) is 0 Å². The molecule has 15 heteroatoms. The summed E-state index contributed by atoms with van der Waals surface area (Å²) in [5, 5.41) is 11.6. The zero-order valence-electron chi connectivity index (χ0n) is 36.1. The average Bonchev–Trinajstić information content (AvgIpc) is 3.18. The Morgan fingerprint density at radius 2 is 0.797 bits per heavy atom. The second-order valence-electron chi connectivity index (χ2n) is 15.9. The van der Waals surface area contributed by atoms with E-state index in [1.165, 1.54) is 39.8 Å². The molecule has 3 atom stereocenters. The van der Waals surface area contributed by atoms with Gasteiger partial charge in [0.05, 0.1) is 42.7 Å². The lowest BCUT2D eigenvalue weighted by Crippen LogP contribution is -2.33. The molecule has 0 saturated heterocycles. The number of hydrogen-bond acceptors (Lipinski definition) is 9. The number of rotatable bonds is 17. The zero-order valence-corrected chi connectivity index (χ0v) is 38.6. The number of ether oxygens (including phenoxy) is 6. The van der Waals surface area contributed by atoms with Crippen LogP contribution in [-0.2, 0) is 19.3 Å². The first kappa shape index (κ1) is 56.1. The molecule has 0 saturated carbocycles. The maximum absolute atomic E-state index is 5.73. The van der Waals surface area contributed by atoms with Gasteiger partial charge in [0, 0.05) is 18.1 Å². The van der Waals surface area contributed by atoms with Gasteiger partial charge < -0.3 is 60.8 Å². The smallest absolute Gasteiger partial charge is 0.161 e. The molecule has 3 unspecified atom stereocenters. The van der Waals surface area contributed by atoms with Gasteiger partial charge in [-0.15, -0.1) is 37.2 Å². The Kier molecular flexibility index (Phi) is 24.5. The van der Waals surface area contributed by atoms with E-state index >= 15 is 0 Å².